The van der Waals surface area contributed by atoms with Crippen molar-refractivity contribution in [3.05, 3.63) is 0 Å². The summed E-state index contributed by atoms with van der Waals surface area (Å²) in [5.74, 6) is -3.45. The number of carboxylic acid groups (broad SMARTS) is 2. The molecule has 1 aliphatic heterocycles. The van der Waals surface area contributed by atoms with Gasteiger partial charge in [0.1, 0.15) is 5.78 Å². The fraction of sp³-hybridized carbons (Fsp3) is 0.700. The van der Waals surface area contributed by atoms with Crippen LogP contribution in [-0.2, 0) is 14.4 Å². The Labute approximate surface area is 92.9 Å². The van der Waals surface area contributed by atoms with Gasteiger partial charge in [0.15, 0.2) is 0 Å². The molecular formula is C10H15NO5. The number of aliphatic carboxylic acids is 2. The first-order valence-electron chi connectivity index (χ1n) is 5.06. The third kappa shape index (κ3) is 3.30. The number of carbonyl (C=O) groups is 3. The lowest BCUT2D eigenvalue weighted by molar-refractivity contribution is -0.146. The molecule has 0 aromatic heterocycles. The number of hydrogen-bond donors (Lipinski definition) is 2. The average molecular weight is 229 g/mol. The quantitative estimate of drug-likeness (QED) is 0.686. The molecule has 1 aliphatic rings. The number of rotatable bonds is 4. The second-order valence-corrected chi connectivity index (χ2v) is 4.21. The van der Waals surface area contributed by atoms with Crippen LogP contribution in [-0.4, -0.2) is 53.0 Å². The summed E-state index contributed by atoms with van der Waals surface area (Å²) >= 11 is 0. The van der Waals surface area contributed by atoms with E-state index in [1.807, 2.05) is 4.90 Å². The predicted molar refractivity (Wildman–Crippen MR) is 54.0 cm³/mol. The van der Waals surface area contributed by atoms with E-state index in [1.165, 1.54) is 0 Å². The minimum absolute atomic E-state index is 0.223. The highest BCUT2D eigenvalue weighted by Crippen LogP contribution is 2.22. The standard InChI is InChI=1S/C10H15NO5/c1-11-4-6(2-8(12)13)10(16)7(5-11)3-9(14)15/h6-7H,2-5H2,1H3,(H,12,13)(H,14,15). The third-order valence-corrected chi connectivity index (χ3v) is 2.71. The molecule has 0 bridgehead atoms. The van der Waals surface area contributed by atoms with Crippen LogP contribution in [0.2, 0.25) is 0 Å². The lowest BCUT2D eigenvalue weighted by Gasteiger charge is -2.33. The van der Waals surface area contributed by atoms with Gasteiger partial charge >= 0.3 is 11.9 Å². The Morgan fingerprint density at radius 2 is 1.56 bits per heavy atom. The Morgan fingerprint density at radius 1 is 1.19 bits per heavy atom. The van der Waals surface area contributed by atoms with E-state index in [0.29, 0.717) is 13.1 Å². The zero-order valence-electron chi connectivity index (χ0n) is 9.05. The molecule has 6 heteroatoms. The molecule has 1 heterocycles. The van der Waals surface area contributed by atoms with Crippen LogP contribution in [0.15, 0.2) is 0 Å². The Morgan fingerprint density at radius 3 is 1.88 bits per heavy atom. The van der Waals surface area contributed by atoms with E-state index in [4.69, 9.17) is 10.2 Å². The molecule has 6 nitrogen and oxygen atoms in total. The van der Waals surface area contributed by atoms with Crippen molar-refractivity contribution in [2.75, 3.05) is 20.1 Å². The van der Waals surface area contributed by atoms with E-state index in [1.54, 1.807) is 7.05 Å². The summed E-state index contributed by atoms with van der Waals surface area (Å²) in [5.41, 5.74) is 0. The molecule has 2 unspecified atom stereocenters. The van der Waals surface area contributed by atoms with Crippen LogP contribution in [0.4, 0.5) is 0 Å². The van der Waals surface area contributed by atoms with Crippen LogP contribution in [0.25, 0.3) is 0 Å². The zero-order valence-corrected chi connectivity index (χ0v) is 9.05. The highest BCUT2D eigenvalue weighted by Gasteiger charge is 2.35. The Balaban J connectivity index is 2.69. The number of ketones is 1. The maximum Gasteiger partial charge on any atom is 0.304 e. The van der Waals surface area contributed by atoms with Gasteiger partial charge in [-0.2, -0.15) is 0 Å². The molecule has 0 saturated carbocycles. The molecular weight excluding hydrogens is 214 g/mol. The van der Waals surface area contributed by atoms with E-state index in [0.717, 1.165) is 0 Å². The molecule has 0 aliphatic carbocycles. The number of carboxylic acids is 2. The van der Waals surface area contributed by atoms with E-state index >= 15 is 0 Å². The van der Waals surface area contributed by atoms with Crippen LogP contribution in [0, 0.1) is 11.8 Å². The van der Waals surface area contributed by atoms with Crippen molar-refractivity contribution in [2.45, 2.75) is 12.8 Å². The van der Waals surface area contributed by atoms with Crippen molar-refractivity contribution in [1.82, 2.24) is 4.90 Å². The molecule has 16 heavy (non-hydrogen) atoms. The van der Waals surface area contributed by atoms with Gasteiger partial charge in [0.2, 0.25) is 0 Å². The van der Waals surface area contributed by atoms with Crippen molar-refractivity contribution in [1.29, 1.82) is 0 Å². The van der Waals surface area contributed by atoms with E-state index in [9.17, 15) is 14.4 Å². The van der Waals surface area contributed by atoms with Gasteiger partial charge in [-0.05, 0) is 7.05 Å². The Bertz CT molecular complexity index is 286. The molecule has 90 valence electrons. The van der Waals surface area contributed by atoms with E-state index in [2.05, 4.69) is 0 Å². The van der Waals surface area contributed by atoms with Gasteiger partial charge in [-0.25, -0.2) is 0 Å². The van der Waals surface area contributed by atoms with Gasteiger partial charge in [0.05, 0.1) is 12.8 Å². The lowest BCUT2D eigenvalue weighted by atomic mass is 9.84. The van der Waals surface area contributed by atoms with Crippen molar-refractivity contribution in [2.24, 2.45) is 11.8 Å². The number of carbonyl (C=O) groups excluding carboxylic acids is 1. The normalized spacial score (nSPS) is 26.7. The SMILES string of the molecule is CN1CC(CC(=O)O)C(=O)C(CC(=O)O)C1. The summed E-state index contributed by atoms with van der Waals surface area (Å²) in [4.78, 5) is 34.7. The smallest absolute Gasteiger partial charge is 0.304 e. The molecule has 1 rings (SSSR count). The van der Waals surface area contributed by atoms with E-state index < -0.39 is 23.8 Å². The molecule has 1 saturated heterocycles. The molecule has 0 spiro atoms. The van der Waals surface area contributed by atoms with Gasteiger partial charge in [-0.1, -0.05) is 0 Å². The summed E-state index contributed by atoms with van der Waals surface area (Å²) in [5, 5.41) is 17.3. The minimum atomic E-state index is -1.03. The Kier molecular flexibility index (Phi) is 4.00. The lowest BCUT2D eigenvalue weighted by Crippen LogP contribution is -2.46. The molecule has 0 radical (unpaired) electrons. The number of nitrogens with zero attached hydrogens (tertiary/aromatic N) is 1. The van der Waals surface area contributed by atoms with Crippen molar-refractivity contribution >= 4 is 17.7 Å². The van der Waals surface area contributed by atoms with E-state index in [-0.39, 0.29) is 18.6 Å². The molecule has 0 aromatic carbocycles. The maximum atomic E-state index is 11.8. The van der Waals surface area contributed by atoms with Crippen molar-refractivity contribution in [3.8, 4) is 0 Å². The molecule has 1 fully saturated rings. The summed E-state index contributed by atoms with van der Waals surface area (Å²) in [6, 6.07) is 0. The highest BCUT2D eigenvalue weighted by atomic mass is 16.4. The van der Waals surface area contributed by atoms with Crippen LogP contribution < -0.4 is 0 Å². The largest absolute Gasteiger partial charge is 0.481 e. The van der Waals surface area contributed by atoms with Crippen LogP contribution >= 0.6 is 0 Å². The maximum absolute atomic E-state index is 11.8. The van der Waals surface area contributed by atoms with Gasteiger partial charge in [0, 0.05) is 24.9 Å². The number of likely N-dealkylation sites (tertiary alicyclic amines) is 1. The van der Waals surface area contributed by atoms with Gasteiger partial charge in [-0.15, -0.1) is 0 Å². The van der Waals surface area contributed by atoms with Crippen LogP contribution in [0.5, 0.6) is 0 Å². The second kappa shape index (κ2) is 5.07. The summed E-state index contributed by atoms with van der Waals surface area (Å²) < 4.78 is 0. The predicted octanol–water partition coefficient (Wildman–Crippen LogP) is -0.317. The number of Topliss-reactive ketones (excluding diaryl/α,β-unsaturated/α-hetero) is 1. The fourth-order valence-corrected chi connectivity index (χ4v) is 2.09. The van der Waals surface area contributed by atoms with Crippen molar-refractivity contribution in [3.63, 3.8) is 0 Å². The van der Waals surface area contributed by atoms with Gasteiger partial charge in [-0.3, -0.25) is 14.4 Å². The Hall–Kier alpha value is -1.43. The average Bonchev–Trinajstić information content (AvgIpc) is 2.11. The summed E-state index contributed by atoms with van der Waals surface area (Å²) in [7, 11) is 1.76. The van der Waals surface area contributed by atoms with Crippen LogP contribution in [0.1, 0.15) is 12.8 Å². The molecule has 2 atom stereocenters. The molecule has 0 amide bonds. The first kappa shape index (κ1) is 12.6. The number of hydrogen-bond acceptors (Lipinski definition) is 4. The molecule has 2 N–H and O–H groups in total. The first-order chi connectivity index (χ1) is 7.40. The first-order valence-corrected chi connectivity index (χ1v) is 5.06. The highest BCUT2D eigenvalue weighted by molar-refractivity contribution is 5.90. The summed E-state index contributed by atoms with van der Waals surface area (Å²) in [6.07, 6.45) is -0.446. The van der Waals surface area contributed by atoms with Gasteiger partial charge in [0.25, 0.3) is 0 Å². The minimum Gasteiger partial charge on any atom is -0.481 e. The fourth-order valence-electron chi connectivity index (χ4n) is 2.09. The van der Waals surface area contributed by atoms with Crippen molar-refractivity contribution < 1.29 is 24.6 Å². The third-order valence-electron chi connectivity index (χ3n) is 2.71. The second-order valence-electron chi connectivity index (χ2n) is 4.21. The topological polar surface area (TPSA) is 94.9 Å². The zero-order chi connectivity index (χ0) is 12.3. The molecule has 0 aromatic rings. The van der Waals surface area contributed by atoms with Gasteiger partial charge < -0.3 is 15.1 Å². The monoisotopic (exact) mass is 229 g/mol. The summed E-state index contributed by atoms with van der Waals surface area (Å²) in [6.45, 7) is 0.780. The van der Waals surface area contributed by atoms with Crippen LogP contribution in [0.3, 0.4) is 0 Å². The number of piperidine rings is 1.